The molecule has 25 heavy (non-hydrogen) atoms. The Morgan fingerprint density at radius 2 is 1.92 bits per heavy atom. The fourth-order valence-corrected chi connectivity index (χ4v) is 2.61. The Hall–Kier alpha value is -2.89. The fourth-order valence-electron chi connectivity index (χ4n) is 2.61. The number of pyridine rings is 1. The van der Waals surface area contributed by atoms with Crippen LogP contribution in [0.25, 0.3) is 0 Å². The van der Waals surface area contributed by atoms with Crippen molar-refractivity contribution in [3.05, 3.63) is 58.9 Å². The standard InChI is InChI=1S/C19H22N2O4/c1-12(11-14-7-5-6-8-17(14)25-4)21(3)18(22)16-10-9-15(19(23)24)13(2)20-16/h5-10,12H,11H2,1-4H3,(H,23,24). The number of rotatable bonds is 6. The number of carbonyl (C=O) groups is 2. The van der Waals surface area contributed by atoms with Gasteiger partial charge in [-0.2, -0.15) is 0 Å². The Kier molecular flexibility index (Phi) is 5.75. The Balaban J connectivity index is 2.16. The summed E-state index contributed by atoms with van der Waals surface area (Å²) in [5.41, 5.74) is 1.67. The van der Waals surface area contributed by atoms with E-state index < -0.39 is 5.97 Å². The largest absolute Gasteiger partial charge is 0.496 e. The first kappa shape index (κ1) is 18.4. The summed E-state index contributed by atoms with van der Waals surface area (Å²) >= 11 is 0. The molecule has 0 fully saturated rings. The molecule has 0 aliphatic carbocycles. The molecule has 0 aliphatic rings. The lowest BCUT2D eigenvalue weighted by molar-refractivity contribution is 0.0690. The predicted octanol–water partition coefficient (Wildman–Crippen LogP) is 2.80. The average Bonchev–Trinajstić information content (AvgIpc) is 2.60. The smallest absolute Gasteiger partial charge is 0.337 e. The summed E-state index contributed by atoms with van der Waals surface area (Å²) in [6.45, 7) is 3.53. The number of carboxylic acid groups (broad SMARTS) is 1. The number of carboxylic acids is 1. The third-order valence-electron chi connectivity index (χ3n) is 4.22. The van der Waals surface area contributed by atoms with E-state index in [1.54, 1.807) is 26.0 Å². The highest BCUT2D eigenvalue weighted by Gasteiger charge is 2.21. The molecule has 1 aromatic heterocycles. The van der Waals surface area contributed by atoms with E-state index in [1.807, 2.05) is 31.2 Å². The normalized spacial score (nSPS) is 11.7. The molecular weight excluding hydrogens is 320 g/mol. The van der Waals surface area contributed by atoms with E-state index >= 15 is 0 Å². The lowest BCUT2D eigenvalue weighted by Gasteiger charge is -2.25. The van der Waals surface area contributed by atoms with Crippen LogP contribution in [-0.2, 0) is 6.42 Å². The van der Waals surface area contributed by atoms with Crippen molar-refractivity contribution in [2.45, 2.75) is 26.3 Å². The minimum Gasteiger partial charge on any atom is -0.496 e. The second kappa shape index (κ2) is 7.79. The fraction of sp³-hybridized carbons (Fsp3) is 0.316. The number of likely N-dealkylation sites (N-methyl/N-ethyl adjacent to an activating group) is 1. The van der Waals surface area contributed by atoms with Crippen LogP contribution in [0.4, 0.5) is 0 Å². The average molecular weight is 342 g/mol. The molecule has 0 spiro atoms. The van der Waals surface area contributed by atoms with Crippen molar-refractivity contribution in [2.75, 3.05) is 14.2 Å². The van der Waals surface area contributed by atoms with Crippen LogP contribution < -0.4 is 4.74 Å². The van der Waals surface area contributed by atoms with E-state index in [4.69, 9.17) is 9.84 Å². The van der Waals surface area contributed by atoms with Crippen molar-refractivity contribution in [3.8, 4) is 5.75 Å². The highest BCUT2D eigenvalue weighted by atomic mass is 16.5. The highest BCUT2D eigenvalue weighted by Crippen LogP contribution is 2.21. The molecule has 0 aliphatic heterocycles. The summed E-state index contributed by atoms with van der Waals surface area (Å²) in [5.74, 6) is -0.515. The molecule has 1 heterocycles. The summed E-state index contributed by atoms with van der Waals surface area (Å²) in [6.07, 6.45) is 0.637. The second-order valence-corrected chi connectivity index (χ2v) is 5.92. The van der Waals surface area contributed by atoms with Crippen molar-refractivity contribution >= 4 is 11.9 Å². The number of carbonyl (C=O) groups excluding carboxylic acids is 1. The molecule has 1 N–H and O–H groups in total. The molecule has 0 radical (unpaired) electrons. The number of benzene rings is 1. The van der Waals surface area contributed by atoms with E-state index in [9.17, 15) is 9.59 Å². The molecule has 1 unspecified atom stereocenters. The highest BCUT2D eigenvalue weighted by molar-refractivity contribution is 5.94. The van der Waals surface area contributed by atoms with Gasteiger partial charge in [0.2, 0.25) is 0 Å². The van der Waals surface area contributed by atoms with Gasteiger partial charge in [0.15, 0.2) is 0 Å². The minimum atomic E-state index is -1.05. The van der Waals surface area contributed by atoms with Crippen LogP contribution in [0.15, 0.2) is 36.4 Å². The number of para-hydroxylation sites is 1. The molecule has 6 nitrogen and oxygen atoms in total. The molecular formula is C19H22N2O4. The summed E-state index contributed by atoms with van der Waals surface area (Å²) in [7, 11) is 3.33. The van der Waals surface area contributed by atoms with E-state index in [2.05, 4.69) is 4.98 Å². The number of nitrogens with zero attached hydrogens (tertiary/aromatic N) is 2. The second-order valence-electron chi connectivity index (χ2n) is 5.92. The zero-order chi connectivity index (χ0) is 18.6. The molecule has 2 rings (SSSR count). The maximum absolute atomic E-state index is 12.6. The van der Waals surface area contributed by atoms with Gasteiger partial charge in [0.1, 0.15) is 11.4 Å². The molecule has 0 saturated carbocycles. The van der Waals surface area contributed by atoms with E-state index in [0.29, 0.717) is 12.1 Å². The van der Waals surface area contributed by atoms with Crippen LogP contribution in [0.2, 0.25) is 0 Å². The molecule has 1 aromatic carbocycles. The number of aromatic carboxylic acids is 1. The van der Waals surface area contributed by atoms with Gasteiger partial charge in [-0.1, -0.05) is 18.2 Å². The van der Waals surface area contributed by atoms with Crippen LogP contribution in [-0.4, -0.2) is 47.1 Å². The lowest BCUT2D eigenvalue weighted by Crippen LogP contribution is -2.37. The van der Waals surface area contributed by atoms with Crippen molar-refractivity contribution in [2.24, 2.45) is 0 Å². The van der Waals surface area contributed by atoms with Crippen LogP contribution in [0.1, 0.15) is 39.0 Å². The molecule has 132 valence electrons. The van der Waals surface area contributed by atoms with Crippen molar-refractivity contribution in [1.82, 2.24) is 9.88 Å². The summed E-state index contributed by atoms with van der Waals surface area (Å²) in [5, 5.41) is 9.06. The molecule has 0 bridgehead atoms. The van der Waals surface area contributed by atoms with Crippen molar-refractivity contribution < 1.29 is 19.4 Å². The zero-order valence-corrected chi connectivity index (χ0v) is 14.8. The first-order chi connectivity index (χ1) is 11.8. The number of aryl methyl sites for hydroxylation is 1. The quantitative estimate of drug-likeness (QED) is 0.873. The zero-order valence-electron chi connectivity index (χ0n) is 14.8. The van der Waals surface area contributed by atoms with Gasteiger partial charge in [0, 0.05) is 13.1 Å². The third-order valence-corrected chi connectivity index (χ3v) is 4.22. The molecule has 2 aromatic rings. The Morgan fingerprint density at radius 3 is 2.52 bits per heavy atom. The molecule has 1 amide bonds. The number of hydrogen-bond donors (Lipinski definition) is 1. The van der Waals surface area contributed by atoms with Crippen LogP contribution >= 0.6 is 0 Å². The lowest BCUT2D eigenvalue weighted by atomic mass is 10.0. The van der Waals surface area contributed by atoms with Gasteiger partial charge in [0.05, 0.1) is 18.4 Å². The summed E-state index contributed by atoms with van der Waals surface area (Å²) in [6, 6.07) is 10.5. The van der Waals surface area contributed by atoms with Crippen LogP contribution in [0, 0.1) is 6.92 Å². The van der Waals surface area contributed by atoms with Crippen LogP contribution in [0.3, 0.4) is 0 Å². The number of amides is 1. The third kappa shape index (κ3) is 4.15. The van der Waals surface area contributed by atoms with Crippen molar-refractivity contribution in [1.29, 1.82) is 0 Å². The number of methoxy groups -OCH3 is 1. The number of aromatic nitrogens is 1. The molecule has 1 atom stereocenters. The Bertz CT molecular complexity index is 789. The first-order valence-electron chi connectivity index (χ1n) is 7.95. The monoisotopic (exact) mass is 342 g/mol. The minimum absolute atomic E-state index is 0.0787. The van der Waals surface area contributed by atoms with Crippen molar-refractivity contribution in [3.63, 3.8) is 0 Å². The van der Waals surface area contributed by atoms with Crippen LogP contribution in [0.5, 0.6) is 5.75 Å². The van der Waals surface area contributed by atoms with Gasteiger partial charge >= 0.3 is 5.97 Å². The van der Waals surface area contributed by atoms with Gasteiger partial charge in [-0.25, -0.2) is 9.78 Å². The SMILES string of the molecule is COc1ccccc1CC(C)N(C)C(=O)c1ccc(C(=O)O)c(C)n1. The predicted molar refractivity (Wildman–Crippen MR) is 94.2 cm³/mol. The Morgan fingerprint density at radius 1 is 1.24 bits per heavy atom. The number of ether oxygens (including phenoxy) is 1. The summed E-state index contributed by atoms with van der Waals surface area (Å²) < 4.78 is 5.35. The van der Waals surface area contributed by atoms with Gasteiger partial charge < -0.3 is 14.7 Å². The van der Waals surface area contributed by atoms with Gasteiger partial charge in [-0.15, -0.1) is 0 Å². The topological polar surface area (TPSA) is 79.7 Å². The maximum Gasteiger partial charge on any atom is 0.337 e. The van der Waals surface area contributed by atoms with E-state index in [-0.39, 0.29) is 23.2 Å². The number of hydrogen-bond acceptors (Lipinski definition) is 4. The molecule has 0 saturated heterocycles. The first-order valence-corrected chi connectivity index (χ1v) is 7.95. The van der Waals surface area contributed by atoms with Gasteiger partial charge in [0.25, 0.3) is 5.91 Å². The maximum atomic E-state index is 12.6. The van der Waals surface area contributed by atoms with Gasteiger partial charge in [-0.3, -0.25) is 4.79 Å². The van der Waals surface area contributed by atoms with Gasteiger partial charge in [-0.05, 0) is 44.0 Å². The summed E-state index contributed by atoms with van der Waals surface area (Å²) in [4.78, 5) is 29.5. The molecule has 6 heteroatoms. The Labute approximate surface area is 147 Å². The van der Waals surface area contributed by atoms with E-state index in [0.717, 1.165) is 11.3 Å². The van der Waals surface area contributed by atoms with E-state index in [1.165, 1.54) is 12.1 Å².